The van der Waals surface area contributed by atoms with E-state index < -0.39 is 5.91 Å². The van der Waals surface area contributed by atoms with Crippen LogP contribution in [0.2, 0.25) is 0 Å². The van der Waals surface area contributed by atoms with Gasteiger partial charge in [-0.15, -0.1) is 0 Å². The van der Waals surface area contributed by atoms with Crippen molar-refractivity contribution in [3.63, 3.8) is 0 Å². The van der Waals surface area contributed by atoms with Gasteiger partial charge in [-0.25, -0.2) is 0 Å². The van der Waals surface area contributed by atoms with Gasteiger partial charge in [0.2, 0.25) is 5.43 Å². The molecule has 1 aliphatic rings. The first-order chi connectivity index (χ1) is 12.5. The Bertz CT molecular complexity index is 1070. The number of ether oxygens (including phenoxy) is 1. The van der Waals surface area contributed by atoms with Gasteiger partial charge in [0, 0.05) is 34.4 Å². The fourth-order valence-corrected chi connectivity index (χ4v) is 3.36. The highest BCUT2D eigenvalue weighted by atomic mass is 16.5. The number of aromatic nitrogens is 1. The number of pyridine rings is 1. The zero-order chi connectivity index (χ0) is 18.3. The van der Waals surface area contributed by atoms with Crippen molar-refractivity contribution in [1.82, 2.24) is 4.98 Å². The fourth-order valence-electron chi connectivity index (χ4n) is 3.36. The number of hydrogen-bond acceptors (Lipinski definition) is 3. The predicted molar refractivity (Wildman–Crippen MR) is 102 cm³/mol. The van der Waals surface area contributed by atoms with Gasteiger partial charge in [-0.1, -0.05) is 32.0 Å². The first-order valence-corrected chi connectivity index (χ1v) is 8.65. The summed E-state index contributed by atoms with van der Waals surface area (Å²) in [6.45, 7) is 5.02. The number of aromatic amines is 1. The molecule has 2 N–H and O–H groups in total. The molecule has 0 bridgehead atoms. The third-order valence-corrected chi connectivity index (χ3v) is 4.99. The Morgan fingerprint density at radius 1 is 1.19 bits per heavy atom. The van der Waals surface area contributed by atoms with E-state index in [0.29, 0.717) is 23.2 Å². The van der Waals surface area contributed by atoms with Gasteiger partial charge in [-0.2, -0.15) is 0 Å². The molecule has 0 radical (unpaired) electrons. The van der Waals surface area contributed by atoms with Crippen LogP contribution in [0.1, 0.15) is 36.2 Å². The number of amides is 1. The number of nitrogens with one attached hydrogen (secondary N) is 2. The summed E-state index contributed by atoms with van der Waals surface area (Å²) < 4.78 is 5.75. The van der Waals surface area contributed by atoms with E-state index >= 15 is 0 Å². The largest absolute Gasteiger partial charge is 0.493 e. The second-order valence-electron chi connectivity index (χ2n) is 7.22. The monoisotopic (exact) mass is 348 g/mol. The lowest BCUT2D eigenvalue weighted by Gasteiger charge is -2.32. The van der Waals surface area contributed by atoms with Crippen LogP contribution in [-0.2, 0) is 5.41 Å². The SMILES string of the molecule is CC1(C)CCOc2cc(NC(=O)c3c[nH]c4ccccc4c3=O)ccc21. The van der Waals surface area contributed by atoms with E-state index in [2.05, 4.69) is 24.1 Å². The second kappa shape index (κ2) is 6.02. The minimum absolute atomic E-state index is 0.0472. The topological polar surface area (TPSA) is 71.2 Å². The van der Waals surface area contributed by atoms with Crippen molar-refractivity contribution in [2.75, 3.05) is 11.9 Å². The van der Waals surface area contributed by atoms with Crippen LogP contribution < -0.4 is 15.5 Å². The van der Waals surface area contributed by atoms with Gasteiger partial charge >= 0.3 is 0 Å². The number of hydrogen-bond donors (Lipinski definition) is 2. The number of carbonyl (C=O) groups is 1. The lowest BCUT2D eigenvalue weighted by Crippen LogP contribution is -2.27. The smallest absolute Gasteiger partial charge is 0.261 e. The minimum Gasteiger partial charge on any atom is -0.493 e. The molecule has 2 aromatic carbocycles. The van der Waals surface area contributed by atoms with Gasteiger partial charge in [0.25, 0.3) is 5.91 Å². The van der Waals surface area contributed by atoms with Crippen LogP contribution in [0.4, 0.5) is 5.69 Å². The Morgan fingerprint density at radius 2 is 2.00 bits per heavy atom. The average molecular weight is 348 g/mol. The maximum Gasteiger partial charge on any atom is 0.261 e. The van der Waals surface area contributed by atoms with Crippen LogP contribution in [-0.4, -0.2) is 17.5 Å². The Hall–Kier alpha value is -3.08. The molecule has 26 heavy (non-hydrogen) atoms. The van der Waals surface area contributed by atoms with Crippen molar-refractivity contribution >= 4 is 22.5 Å². The van der Waals surface area contributed by atoms with Crippen molar-refractivity contribution in [3.8, 4) is 5.75 Å². The van der Waals surface area contributed by atoms with Crippen LogP contribution in [0.15, 0.2) is 53.5 Å². The highest BCUT2D eigenvalue weighted by Crippen LogP contribution is 2.39. The van der Waals surface area contributed by atoms with Gasteiger partial charge in [0.15, 0.2) is 0 Å². The van der Waals surface area contributed by atoms with Crippen LogP contribution in [0.5, 0.6) is 5.75 Å². The predicted octanol–water partition coefficient (Wildman–Crippen LogP) is 3.84. The van der Waals surface area contributed by atoms with Crippen LogP contribution in [0.25, 0.3) is 10.9 Å². The molecule has 5 nitrogen and oxygen atoms in total. The Labute approximate surface area is 151 Å². The molecule has 5 heteroatoms. The molecule has 0 aliphatic carbocycles. The number of para-hydroxylation sites is 1. The highest BCUT2D eigenvalue weighted by Gasteiger charge is 2.28. The van der Waals surface area contributed by atoms with Gasteiger partial charge in [-0.3, -0.25) is 9.59 Å². The molecule has 132 valence electrons. The van der Waals surface area contributed by atoms with E-state index in [9.17, 15) is 9.59 Å². The molecule has 1 aliphatic heterocycles. The summed E-state index contributed by atoms with van der Waals surface area (Å²) in [7, 11) is 0. The lowest BCUT2D eigenvalue weighted by molar-refractivity contribution is 0.102. The van der Waals surface area contributed by atoms with Crippen molar-refractivity contribution < 1.29 is 9.53 Å². The van der Waals surface area contributed by atoms with E-state index in [1.807, 2.05) is 24.3 Å². The molecule has 1 aromatic heterocycles. The number of anilines is 1. The summed E-state index contributed by atoms with van der Waals surface area (Å²) in [5.74, 6) is 0.346. The molecule has 0 saturated carbocycles. The summed E-state index contributed by atoms with van der Waals surface area (Å²) in [6, 6.07) is 12.8. The van der Waals surface area contributed by atoms with E-state index in [0.717, 1.165) is 17.7 Å². The second-order valence-corrected chi connectivity index (χ2v) is 7.22. The standard InChI is InChI=1S/C21H20N2O3/c1-21(2)9-10-26-18-11-13(7-8-16(18)21)23-20(25)15-12-22-17-6-4-3-5-14(17)19(15)24/h3-8,11-12H,9-10H2,1-2H3,(H,22,24)(H,23,25). The summed E-state index contributed by atoms with van der Waals surface area (Å²) in [5, 5.41) is 3.30. The molecule has 2 heterocycles. The van der Waals surface area contributed by atoms with Crippen molar-refractivity contribution in [3.05, 3.63) is 70.0 Å². The van der Waals surface area contributed by atoms with E-state index in [4.69, 9.17) is 4.74 Å². The number of carbonyl (C=O) groups excluding carboxylic acids is 1. The molecule has 0 fully saturated rings. The number of fused-ring (bicyclic) bond motifs is 2. The van der Waals surface area contributed by atoms with Gasteiger partial charge in [-0.05, 0) is 30.0 Å². The molecular formula is C21H20N2O3. The number of H-pyrrole nitrogens is 1. The Morgan fingerprint density at radius 3 is 2.85 bits per heavy atom. The molecule has 4 rings (SSSR count). The van der Waals surface area contributed by atoms with Crippen molar-refractivity contribution in [2.45, 2.75) is 25.7 Å². The molecule has 0 saturated heterocycles. The van der Waals surface area contributed by atoms with Crippen LogP contribution in [0, 0.1) is 0 Å². The molecule has 1 amide bonds. The first kappa shape index (κ1) is 16.4. The van der Waals surface area contributed by atoms with Crippen LogP contribution in [0.3, 0.4) is 0 Å². The molecule has 0 atom stereocenters. The number of rotatable bonds is 2. The third-order valence-electron chi connectivity index (χ3n) is 4.99. The normalized spacial score (nSPS) is 15.2. The van der Waals surface area contributed by atoms with Gasteiger partial charge in [0.1, 0.15) is 11.3 Å². The summed E-state index contributed by atoms with van der Waals surface area (Å²) in [4.78, 5) is 28.2. The number of benzene rings is 2. The summed E-state index contributed by atoms with van der Waals surface area (Å²) in [5.41, 5.74) is 2.30. The average Bonchev–Trinajstić information content (AvgIpc) is 2.61. The lowest BCUT2D eigenvalue weighted by atomic mass is 9.80. The third kappa shape index (κ3) is 2.75. The quantitative estimate of drug-likeness (QED) is 0.739. The van der Waals surface area contributed by atoms with E-state index in [-0.39, 0.29) is 16.4 Å². The minimum atomic E-state index is -0.438. The Kier molecular flexibility index (Phi) is 3.80. The maximum atomic E-state index is 12.6. The fraction of sp³-hybridized carbons (Fsp3) is 0.238. The zero-order valence-corrected chi connectivity index (χ0v) is 14.8. The molecule has 0 spiro atoms. The molecule has 0 unspecified atom stereocenters. The Balaban J connectivity index is 1.65. The molecular weight excluding hydrogens is 328 g/mol. The van der Waals surface area contributed by atoms with E-state index in [1.54, 1.807) is 18.2 Å². The molecule has 3 aromatic rings. The van der Waals surface area contributed by atoms with Crippen LogP contribution >= 0.6 is 0 Å². The highest BCUT2D eigenvalue weighted by molar-refractivity contribution is 6.05. The van der Waals surface area contributed by atoms with Crippen molar-refractivity contribution in [2.24, 2.45) is 0 Å². The first-order valence-electron chi connectivity index (χ1n) is 8.65. The maximum absolute atomic E-state index is 12.6. The van der Waals surface area contributed by atoms with E-state index in [1.165, 1.54) is 6.20 Å². The summed E-state index contributed by atoms with van der Waals surface area (Å²) in [6.07, 6.45) is 2.41. The zero-order valence-electron chi connectivity index (χ0n) is 14.8. The van der Waals surface area contributed by atoms with Gasteiger partial charge in [0.05, 0.1) is 6.61 Å². The van der Waals surface area contributed by atoms with Gasteiger partial charge < -0.3 is 15.0 Å². The summed E-state index contributed by atoms with van der Waals surface area (Å²) >= 11 is 0. The van der Waals surface area contributed by atoms with Crippen molar-refractivity contribution in [1.29, 1.82) is 0 Å².